The molecule has 1 amide bonds. The first-order valence-electron chi connectivity index (χ1n) is 7.95. The number of aliphatic carboxylic acids is 1. The standard InChI is InChI=1S/C16H23N5O4/c1-9-8-10(2)21-15(17-9)19-12(20-21)13(22)18-11(14(23)24)6-7-25-16(3,4)5/h8,11H,6-7H2,1-5H3,(H,18,22)(H,23,24). The molecule has 9 heteroatoms. The Balaban J connectivity index is 2.10. The SMILES string of the molecule is Cc1cc(C)n2nc(C(=O)NC(CCOC(C)(C)C)C(=O)O)nc2n1. The van der Waals surface area contributed by atoms with Gasteiger partial charge in [0, 0.05) is 24.4 Å². The first kappa shape index (κ1) is 18.8. The molecule has 0 aliphatic heterocycles. The van der Waals surface area contributed by atoms with Gasteiger partial charge in [0.15, 0.2) is 0 Å². The molecule has 136 valence electrons. The van der Waals surface area contributed by atoms with E-state index in [1.54, 1.807) is 0 Å². The van der Waals surface area contributed by atoms with Crippen LogP contribution in [0.15, 0.2) is 6.07 Å². The molecule has 0 aliphatic carbocycles. The summed E-state index contributed by atoms with van der Waals surface area (Å²) in [4.78, 5) is 31.9. The molecule has 2 N–H and O–H groups in total. The van der Waals surface area contributed by atoms with E-state index in [0.717, 1.165) is 11.4 Å². The van der Waals surface area contributed by atoms with E-state index in [1.807, 2.05) is 40.7 Å². The third kappa shape index (κ3) is 4.96. The number of rotatable bonds is 6. The highest BCUT2D eigenvalue weighted by molar-refractivity contribution is 5.93. The second-order valence-corrected chi connectivity index (χ2v) is 6.80. The van der Waals surface area contributed by atoms with E-state index in [1.165, 1.54) is 4.52 Å². The van der Waals surface area contributed by atoms with Gasteiger partial charge in [0.05, 0.1) is 5.60 Å². The number of amides is 1. The average molecular weight is 349 g/mol. The van der Waals surface area contributed by atoms with Crippen molar-refractivity contribution in [1.29, 1.82) is 0 Å². The first-order valence-corrected chi connectivity index (χ1v) is 7.95. The Morgan fingerprint density at radius 1 is 1.32 bits per heavy atom. The highest BCUT2D eigenvalue weighted by Gasteiger charge is 2.24. The number of hydrogen-bond acceptors (Lipinski definition) is 6. The van der Waals surface area contributed by atoms with Gasteiger partial charge in [-0.2, -0.15) is 4.98 Å². The minimum absolute atomic E-state index is 0.121. The van der Waals surface area contributed by atoms with Crippen molar-refractivity contribution >= 4 is 17.7 Å². The van der Waals surface area contributed by atoms with Crippen molar-refractivity contribution in [3.63, 3.8) is 0 Å². The zero-order valence-corrected chi connectivity index (χ0v) is 15.0. The lowest BCUT2D eigenvalue weighted by atomic mass is 10.1. The number of aryl methyl sites for hydroxylation is 2. The summed E-state index contributed by atoms with van der Waals surface area (Å²) in [5.74, 6) is -1.62. The minimum atomic E-state index is -1.14. The van der Waals surface area contributed by atoms with Gasteiger partial charge in [-0.15, -0.1) is 5.10 Å². The molecule has 2 rings (SSSR count). The van der Waals surface area contributed by atoms with Crippen LogP contribution in [0.2, 0.25) is 0 Å². The molecule has 0 spiro atoms. The van der Waals surface area contributed by atoms with Gasteiger partial charge in [-0.1, -0.05) is 0 Å². The molecule has 0 radical (unpaired) electrons. The maximum absolute atomic E-state index is 12.3. The summed E-state index contributed by atoms with van der Waals surface area (Å²) in [6, 6.07) is 0.727. The second kappa shape index (κ2) is 7.14. The molecular formula is C16H23N5O4. The van der Waals surface area contributed by atoms with Crippen LogP contribution in [0.3, 0.4) is 0 Å². The number of carboxylic acid groups (broad SMARTS) is 1. The van der Waals surface area contributed by atoms with Gasteiger partial charge in [0.2, 0.25) is 5.82 Å². The van der Waals surface area contributed by atoms with Crippen LogP contribution in [0.5, 0.6) is 0 Å². The van der Waals surface area contributed by atoms with Crippen molar-refractivity contribution < 1.29 is 19.4 Å². The number of nitrogens with zero attached hydrogens (tertiary/aromatic N) is 4. The predicted octanol–water partition coefficient (Wildman–Crippen LogP) is 1.13. The van der Waals surface area contributed by atoms with E-state index in [9.17, 15) is 14.7 Å². The number of carbonyl (C=O) groups excluding carboxylic acids is 1. The van der Waals surface area contributed by atoms with Crippen molar-refractivity contribution in [2.24, 2.45) is 0 Å². The molecule has 0 fully saturated rings. The Labute approximate surface area is 145 Å². The molecule has 2 aromatic rings. The predicted molar refractivity (Wildman–Crippen MR) is 89.5 cm³/mol. The number of carbonyl (C=O) groups is 2. The number of fused-ring (bicyclic) bond motifs is 1. The third-order valence-corrected chi connectivity index (χ3v) is 3.37. The Bertz CT molecular complexity index is 794. The molecule has 0 aliphatic rings. The van der Waals surface area contributed by atoms with Crippen molar-refractivity contribution in [2.75, 3.05) is 6.61 Å². The van der Waals surface area contributed by atoms with E-state index in [0.29, 0.717) is 5.78 Å². The Hall–Kier alpha value is -2.55. The normalized spacial score (nSPS) is 13.0. The molecule has 25 heavy (non-hydrogen) atoms. The molecule has 2 aromatic heterocycles. The third-order valence-electron chi connectivity index (χ3n) is 3.37. The maximum Gasteiger partial charge on any atom is 0.326 e. The van der Waals surface area contributed by atoms with E-state index >= 15 is 0 Å². The minimum Gasteiger partial charge on any atom is -0.480 e. The lowest BCUT2D eigenvalue weighted by Crippen LogP contribution is -2.42. The fraction of sp³-hybridized carbons (Fsp3) is 0.562. The summed E-state index contributed by atoms with van der Waals surface area (Å²) < 4.78 is 6.96. The quantitative estimate of drug-likeness (QED) is 0.802. The average Bonchev–Trinajstić information content (AvgIpc) is 2.88. The van der Waals surface area contributed by atoms with Crippen LogP contribution in [0.4, 0.5) is 0 Å². The summed E-state index contributed by atoms with van der Waals surface area (Å²) in [5.41, 5.74) is 1.16. The van der Waals surface area contributed by atoms with Crippen LogP contribution in [0, 0.1) is 13.8 Å². The Morgan fingerprint density at radius 3 is 2.60 bits per heavy atom. The van der Waals surface area contributed by atoms with Crippen molar-refractivity contribution in [3.8, 4) is 0 Å². The molecule has 1 atom stereocenters. The molecular weight excluding hydrogens is 326 g/mol. The lowest BCUT2D eigenvalue weighted by molar-refractivity contribution is -0.140. The summed E-state index contributed by atoms with van der Waals surface area (Å²) in [7, 11) is 0. The smallest absolute Gasteiger partial charge is 0.326 e. The molecule has 0 bridgehead atoms. The second-order valence-electron chi connectivity index (χ2n) is 6.80. The Kier molecular flexibility index (Phi) is 5.36. The Morgan fingerprint density at radius 2 is 2.00 bits per heavy atom. The van der Waals surface area contributed by atoms with E-state index < -0.39 is 17.9 Å². The molecule has 0 saturated heterocycles. The zero-order valence-electron chi connectivity index (χ0n) is 15.0. The zero-order chi connectivity index (χ0) is 18.8. The fourth-order valence-corrected chi connectivity index (χ4v) is 2.23. The van der Waals surface area contributed by atoms with Crippen LogP contribution in [-0.4, -0.2) is 54.8 Å². The summed E-state index contributed by atoms with van der Waals surface area (Å²) in [6.45, 7) is 9.47. The van der Waals surface area contributed by atoms with E-state index in [2.05, 4.69) is 20.4 Å². The molecule has 9 nitrogen and oxygen atoms in total. The topological polar surface area (TPSA) is 119 Å². The number of aromatic nitrogens is 4. The number of nitrogens with one attached hydrogen (secondary N) is 1. The monoisotopic (exact) mass is 349 g/mol. The fourth-order valence-electron chi connectivity index (χ4n) is 2.23. The largest absolute Gasteiger partial charge is 0.480 e. The van der Waals surface area contributed by atoms with Gasteiger partial charge in [0.1, 0.15) is 6.04 Å². The van der Waals surface area contributed by atoms with Crippen LogP contribution >= 0.6 is 0 Å². The molecule has 2 heterocycles. The maximum atomic E-state index is 12.3. The van der Waals surface area contributed by atoms with Crippen LogP contribution < -0.4 is 5.32 Å². The van der Waals surface area contributed by atoms with Gasteiger partial charge in [-0.25, -0.2) is 14.3 Å². The van der Waals surface area contributed by atoms with Gasteiger partial charge >= 0.3 is 5.97 Å². The summed E-state index contributed by atoms with van der Waals surface area (Å²) >= 11 is 0. The van der Waals surface area contributed by atoms with Crippen LogP contribution in [-0.2, 0) is 9.53 Å². The van der Waals surface area contributed by atoms with Crippen molar-refractivity contribution in [2.45, 2.75) is 52.7 Å². The summed E-state index contributed by atoms with van der Waals surface area (Å²) in [6.07, 6.45) is 0.141. The number of ether oxygens (including phenoxy) is 1. The molecule has 1 unspecified atom stereocenters. The first-order chi connectivity index (χ1) is 11.6. The number of carboxylic acids is 1. The van der Waals surface area contributed by atoms with Gasteiger partial charge in [-0.3, -0.25) is 4.79 Å². The van der Waals surface area contributed by atoms with Gasteiger partial charge in [0.25, 0.3) is 11.7 Å². The van der Waals surface area contributed by atoms with Crippen molar-refractivity contribution in [3.05, 3.63) is 23.3 Å². The van der Waals surface area contributed by atoms with Gasteiger partial charge < -0.3 is 15.2 Å². The van der Waals surface area contributed by atoms with Crippen LogP contribution in [0.1, 0.15) is 49.2 Å². The molecule has 0 saturated carbocycles. The van der Waals surface area contributed by atoms with Crippen molar-refractivity contribution in [1.82, 2.24) is 24.9 Å². The lowest BCUT2D eigenvalue weighted by Gasteiger charge is -2.21. The highest BCUT2D eigenvalue weighted by Crippen LogP contribution is 2.09. The van der Waals surface area contributed by atoms with E-state index in [4.69, 9.17) is 4.74 Å². The van der Waals surface area contributed by atoms with E-state index in [-0.39, 0.29) is 24.5 Å². The number of hydrogen-bond donors (Lipinski definition) is 2. The highest BCUT2D eigenvalue weighted by atomic mass is 16.5. The molecule has 0 aromatic carbocycles. The van der Waals surface area contributed by atoms with Gasteiger partial charge in [-0.05, 0) is 40.7 Å². The summed E-state index contributed by atoms with van der Waals surface area (Å²) in [5, 5.41) is 15.8. The van der Waals surface area contributed by atoms with Crippen LogP contribution in [0.25, 0.3) is 5.78 Å².